The maximum absolute atomic E-state index is 13.2. The second-order valence-electron chi connectivity index (χ2n) is 10.4. The number of carbonyl (C=O) groups excluding carboxylic acids is 1. The minimum atomic E-state index is -0.342. The Hall–Kier alpha value is -2.09. The number of aliphatic hydroxyl groups is 1. The lowest BCUT2D eigenvalue weighted by Gasteiger charge is -2.56. The fourth-order valence-corrected chi connectivity index (χ4v) is 6.39. The zero-order valence-corrected chi connectivity index (χ0v) is 19.6. The van der Waals surface area contributed by atoms with Gasteiger partial charge in [-0.25, -0.2) is 0 Å². The number of carbonyl (C=O) groups is 1. The van der Waals surface area contributed by atoms with Crippen LogP contribution < -0.4 is 4.74 Å². The number of likely N-dealkylation sites (tertiary alicyclic amines) is 1. The van der Waals surface area contributed by atoms with E-state index in [1.165, 1.54) is 43.2 Å². The van der Waals surface area contributed by atoms with Gasteiger partial charge in [0.1, 0.15) is 5.75 Å². The number of benzene rings is 1. The molecular weight excluding hydrogens is 404 g/mol. The van der Waals surface area contributed by atoms with Gasteiger partial charge in [0, 0.05) is 54.3 Å². The first-order valence-corrected chi connectivity index (χ1v) is 11.9. The topological polar surface area (TPSA) is 72.0 Å². The Bertz CT molecular complexity index is 988. The molecule has 1 aliphatic carbocycles. The highest BCUT2D eigenvalue weighted by Gasteiger charge is 2.53. The fourth-order valence-electron chi connectivity index (χ4n) is 6.39. The van der Waals surface area contributed by atoms with E-state index in [-0.39, 0.29) is 24.0 Å². The van der Waals surface area contributed by atoms with Gasteiger partial charge in [0.15, 0.2) is 0 Å². The molecule has 1 saturated heterocycles. The van der Waals surface area contributed by atoms with Crippen LogP contribution in [-0.4, -0.2) is 91.2 Å². The van der Waals surface area contributed by atoms with E-state index in [0.29, 0.717) is 13.1 Å². The van der Waals surface area contributed by atoms with Gasteiger partial charge in [-0.3, -0.25) is 4.79 Å². The number of rotatable bonds is 6. The molecule has 174 valence electrons. The van der Waals surface area contributed by atoms with Gasteiger partial charge >= 0.3 is 0 Å². The molecule has 1 amide bonds. The largest absolute Gasteiger partial charge is 0.497 e. The number of aliphatic hydroxyl groups excluding tert-OH is 1. The minimum absolute atomic E-state index is 0.0737. The maximum Gasteiger partial charge on any atom is 0.237 e. The predicted molar refractivity (Wildman–Crippen MR) is 125 cm³/mol. The molecule has 7 nitrogen and oxygen atoms in total. The molecule has 1 spiro atoms. The first kappa shape index (κ1) is 21.7. The molecule has 1 aromatic heterocycles. The quantitative estimate of drug-likeness (QED) is 0.722. The van der Waals surface area contributed by atoms with Crippen molar-refractivity contribution in [1.82, 2.24) is 19.7 Å². The van der Waals surface area contributed by atoms with Crippen LogP contribution in [0.1, 0.15) is 43.0 Å². The van der Waals surface area contributed by atoms with E-state index < -0.39 is 0 Å². The summed E-state index contributed by atoms with van der Waals surface area (Å²) < 4.78 is 5.45. The van der Waals surface area contributed by atoms with E-state index >= 15 is 0 Å². The van der Waals surface area contributed by atoms with Gasteiger partial charge in [-0.15, -0.1) is 0 Å². The van der Waals surface area contributed by atoms with Crippen molar-refractivity contribution in [2.24, 2.45) is 5.92 Å². The Morgan fingerprint density at radius 2 is 2.00 bits per heavy atom. The second kappa shape index (κ2) is 8.36. The van der Waals surface area contributed by atoms with Gasteiger partial charge in [0.25, 0.3) is 0 Å². The smallest absolute Gasteiger partial charge is 0.237 e. The van der Waals surface area contributed by atoms with Crippen molar-refractivity contribution in [3.05, 3.63) is 29.5 Å². The average Bonchev–Trinajstić information content (AvgIpc) is 3.38. The molecule has 2 N–H and O–H groups in total. The molecule has 5 rings (SSSR count). The Kier molecular flexibility index (Phi) is 5.68. The van der Waals surface area contributed by atoms with E-state index in [0.717, 1.165) is 36.0 Å². The van der Waals surface area contributed by atoms with Crippen molar-refractivity contribution < 1.29 is 14.6 Å². The third-order valence-corrected chi connectivity index (χ3v) is 7.74. The second-order valence-corrected chi connectivity index (χ2v) is 10.4. The normalized spacial score (nSPS) is 23.2. The molecule has 3 heterocycles. The molecule has 2 aromatic rings. The molecule has 1 saturated carbocycles. The van der Waals surface area contributed by atoms with E-state index in [1.807, 2.05) is 36.0 Å². The number of aromatic amines is 1. The summed E-state index contributed by atoms with van der Waals surface area (Å²) in [6.07, 6.45) is 5.43. The average molecular weight is 441 g/mol. The Labute approximate surface area is 190 Å². The molecular formula is C25H36N4O3. The van der Waals surface area contributed by atoms with Gasteiger partial charge in [-0.1, -0.05) is 12.8 Å². The van der Waals surface area contributed by atoms with E-state index in [1.54, 1.807) is 7.11 Å². The van der Waals surface area contributed by atoms with Crippen LogP contribution in [0.3, 0.4) is 0 Å². The van der Waals surface area contributed by atoms with Crippen LogP contribution in [-0.2, 0) is 10.2 Å². The highest BCUT2D eigenvalue weighted by Crippen LogP contribution is 2.49. The number of hydrogen-bond donors (Lipinski definition) is 2. The zero-order chi connectivity index (χ0) is 22.5. The number of nitrogens with zero attached hydrogens (tertiary/aromatic N) is 3. The molecule has 0 radical (unpaired) electrons. The first-order valence-electron chi connectivity index (χ1n) is 11.9. The summed E-state index contributed by atoms with van der Waals surface area (Å²) in [5.74, 6) is 1.70. The van der Waals surface area contributed by atoms with Crippen LogP contribution in [0, 0.1) is 5.92 Å². The summed E-state index contributed by atoms with van der Waals surface area (Å²) in [6, 6.07) is 5.83. The van der Waals surface area contributed by atoms with Crippen LogP contribution in [0.15, 0.2) is 18.2 Å². The molecule has 3 aliphatic rings. The lowest BCUT2D eigenvalue weighted by atomic mass is 9.68. The molecule has 7 heteroatoms. The van der Waals surface area contributed by atoms with Crippen LogP contribution >= 0.6 is 0 Å². The Morgan fingerprint density at radius 3 is 2.66 bits per heavy atom. The SMILES string of the molecule is COc1ccc2c3c([nH]c2c1)[C@H](CO)N(C(=O)CN(C)C)CC31CN(CC2CCCC2)C1. The third-order valence-electron chi connectivity index (χ3n) is 7.74. The number of H-pyrrole nitrogens is 1. The van der Waals surface area contributed by atoms with E-state index in [9.17, 15) is 9.90 Å². The standard InChI is InChI=1S/C25H36N4O3/c1-27(2)12-22(31)29-16-25(14-28(15-25)11-17-6-4-5-7-17)23-19-9-8-18(32-3)10-20(19)26-24(23)21(29)13-30/h8-10,17,21,26,30H,4-7,11-16H2,1-3H3/t21-/m0/s1. The summed E-state index contributed by atoms with van der Waals surface area (Å²) in [5, 5.41) is 11.6. The molecule has 2 fully saturated rings. The van der Waals surface area contributed by atoms with Crippen molar-refractivity contribution in [3.8, 4) is 5.75 Å². The van der Waals surface area contributed by atoms with Gasteiger partial charge in [0.05, 0.1) is 26.3 Å². The fraction of sp³-hybridized carbons (Fsp3) is 0.640. The number of fused-ring (bicyclic) bond motifs is 4. The number of ether oxygens (including phenoxy) is 1. The lowest BCUT2D eigenvalue weighted by molar-refractivity contribution is -0.139. The monoisotopic (exact) mass is 440 g/mol. The highest BCUT2D eigenvalue weighted by molar-refractivity contribution is 5.89. The minimum Gasteiger partial charge on any atom is -0.497 e. The predicted octanol–water partition coefficient (Wildman–Crippen LogP) is 2.36. The summed E-state index contributed by atoms with van der Waals surface area (Å²) in [4.78, 5) is 23.2. The summed E-state index contributed by atoms with van der Waals surface area (Å²) >= 11 is 0. The lowest BCUT2D eigenvalue weighted by Crippen LogP contribution is -2.67. The zero-order valence-electron chi connectivity index (χ0n) is 19.6. The molecule has 32 heavy (non-hydrogen) atoms. The van der Waals surface area contributed by atoms with Crippen LogP contribution in [0.4, 0.5) is 0 Å². The maximum atomic E-state index is 13.2. The van der Waals surface area contributed by atoms with Crippen molar-refractivity contribution in [3.63, 3.8) is 0 Å². The molecule has 1 atom stereocenters. The molecule has 0 unspecified atom stereocenters. The van der Waals surface area contributed by atoms with Crippen molar-refractivity contribution >= 4 is 16.8 Å². The van der Waals surface area contributed by atoms with Gasteiger partial charge in [0.2, 0.25) is 5.91 Å². The molecule has 0 bridgehead atoms. The van der Waals surface area contributed by atoms with Crippen LogP contribution in [0.2, 0.25) is 0 Å². The number of likely N-dealkylation sites (N-methyl/N-ethyl adjacent to an activating group) is 1. The first-order chi connectivity index (χ1) is 15.4. The van der Waals surface area contributed by atoms with Gasteiger partial charge in [-0.05, 0) is 50.6 Å². The molecule has 1 aromatic carbocycles. The van der Waals surface area contributed by atoms with Crippen molar-refractivity contribution in [2.75, 3.05) is 60.5 Å². The number of aromatic nitrogens is 1. The number of nitrogens with one attached hydrogen (secondary N) is 1. The number of hydrogen-bond acceptors (Lipinski definition) is 5. The van der Waals surface area contributed by atoms with E-state index in [4.69, 9.17) is 4.74 Å². The van der Waals surface area contributed by atoms with Crippen LogP contribution in [0.25, 0.3) is 10.9 Å². The van der Waals surface area contributed by atoms with E-state index in [2.05, 4.69) is 16.0 Å². The van der Waals surface area contributed by atoms with Gasteiger partial charge < -0.3 is 29.5 Å². The molecule has 2 aliphatic heterocycles. The third kappa shape index (κ3) is 3.60. The highest BCUT2D eigenvalue weighted by atomic mass is 16.5. The Morgan fingerprint density at radius 1 is 1.25 bits per heavy atom. The summed E-state index contributed by atoms with van der Waals surface area (Å²) in [7, 11) is 5.51. The van der Waals surface area contributed by atoms with Gasteiger partial charge in [-0.2, -0.15) is 0 Å². The summed E-state index contributed by atoms with van der Waals surface area (Å²) in [6.45, 7) is 4.04. The van der Waals surface area contributed by atoms with Crippen LogP contribution in [0.5, 0.6) is 5.75 Å². The summed E-state index contributed by atoms with van der Waals surface area (Å²) in [5.41, 5.74) is 3.22. The number of amides is 1. The van der Waals surface area contributed by atoms with Crippen molar-refractivity contribution in [2.45, 2.75) is 37.1 Å². The number of methoxy groups -OCH3 is 1. The van der Waals surface area contributed by atoms with Crippen molar-refractivity contribution in [1.29, 1.82) is 0 Å². The Balaban J connectivity index is 1.53.